The molecule has 128 valence electrons. The van der Waals surface area contributed by atoms with Gasteiger partial charge in [0.1, 0.15) is 0 Å². The van der Waals surface area contributed by atoms with Gasteiger partial charge in [-0.2, -0.15) is 0 Å². The molecule has 1 aromatic carbocycles. The van der Waals surface area contributed by atoms with Crippen LogP contribution in [0.4, 0.5) is 0 Å². The molecular weight excluding hydrogens is 302 g/mol. The maximum Gasteiger partial charge on any atom is 0.273 e. The second kappa shape index (κ2) is 8.06. The highest BCUT2D eigenvalue weighted by Crippen LogP contribution is 2.18. The molecule has 1 fully saturated rings. The Morgan fingerprint density at radius 1 is 1.33 bits per heavy atom. The summed E-state index contributed by atoms with van der Waals surface area (Å²) >= 11 is 0. The Labute approximate surface area is 142 Å². The van der Waals surface area contributed by atoms with Crippen LogP contribution in [0.25, 0.3) is 0 Å². The van der Waals surface area contributed by atoms with Crippen molar-refractivity contribution in [3.8, 4) is 0 Å². The van der Waals surface area contributed by atoms with E-state index in [1.807, 2.05) is 30.3 Å². The summed E-state index contributed by atoms with van der Waals surface area (Å²) in [6, 6.07) is 10.4. The highest BCUT2D eigenvalue weighted by Gasteiger charge is 2.24. The zero-order chi connectivity index (χ0) is 16.8. The predicted octanol–water partition coefficient (Wildman–Crippen LogP) is 2.08. The van der Waals surface area contributed by atoms with Gasteiger partial charge in [0.25, 0.3) is 5.91 Å². The molecule has 6 heteroatoms. The second-order valence-electron chi connectivity index (χ2n) is 6.33. The van der Waals surface area contributed by atoms with E-state index < -0.39 is 0 Å². The molecule has 3 rings (SSSR count). The first-order chi connectivity index (χ1) is 11.8. The monoisotopic (exact) mass is 327 g/mol. The van der Waals surface area contributed by atoms with Crippen LogP contribution in [-0.4, -0.2) is 44.9 Å². The fourth-order valence-corrected chi connectivity index (χ4v) is 3.26. The highest BCUT2D eigenvalue weighted by atomic mass is 16.2. The smallest absolute Gasteiger partial charge is 0.273 e. The van der Waals surface area contributed by atoms with E-state index in [2.05, 4.69) is 27.5 Å². The molecule has 1 aromatic heterocycles. The molecule has 2 heterocycles. The van der Waals surface area contributed by atoms with E-state index in [0.29, 0.717) is 18.3 Å². The topological polar surface area (TPSA) is 63.1 Å². The number of likely N-dealkylation sites (tertiary alicyclic amines) is 1. The Bertz CT molecular complexity index is 654. The summed E-state index contributed by atoms with van der Waals surface area (Å²) in [4.78, 5) is 14.7. The highest BCUT2D eigenvalue weighted by molar-refractivity contribution is 5.91. The Morgan fingerprint density at radius 2 is 2.17 bits per heavy atom. The lowest BCUT2D eigenvalue weighted by molar-refractivity contribution is 0.0946. The molecule has 0 aliphatic carbocycles. The largest absolute Gasteiger partial charge is 0.347 e. The van der Waals surface area contributed by atoms with Crippen LogP contribution in [0.2, 0.25) is 0 Å². The van der Waals surface area contributed by atoms with Crippen molar-refractivity contribution in [2.75, 3.05) is 13.1 Å². The minimum atomic E-state index is -0.179. The maximum atomic E-state index is 12.2. The van der Waals surface area contributed by atoms with Gasteiger partial charge in [0, 0.05) is 12.6 Å². The fraction of sp³-hybridized carbons (Fsp3) is 0.500. The van der Waals surface area contributed by atoms with Crippen molar-refractivity contribution in [1.82, 2.24) is 25.2 Å². The standard InChI is InChI=1S/C18H25N5O/c1-2-10-22-11-6-9-16(22)13-23-14-17(20-21-23)18(24)19-12-15-7-4-3-5-8-15/h3-5,7-8,14,16H,2,6,9-13H2,1H3,(H,19,24)/t16-/m0/s1. The number of carbonyl (C=O) groups excluding carboxylic acids is 1. The molecule has 0 bridgehead atoms. The van der Waals surface area contributed by atoms with Gasteiger partial charge in [-0.25, -0.2) is 0 Å². The van der Waals surface area contributed by atoms with Gasteiger partial charge in [-0.15, -0.1) is 5.10 Å². The van der Waals surface area contributed by atoms with Gasteiger partial charge >= 0.3 is 0 Å². The Morgan fingerprint density at radius 3 is 2.96 bits per heavy atom. The van der Waals surface area contributed by atoms with Crippen molar-refractivity contribution in [2.24, 2.45) is 0 Å². The number of aromatic nitrogens is 3. The van der Waals surface area contributed by atoms with Crippen molar-refractivity contribution in [1.29, 1.82) is 0 Å². The molecule has 1 N–H and O–H groups in total. The van der Waals surface area contributed by atoms with Crippen molar-refractivity contribution in [3.63, 3.8) is 0 Å². The first-order valence-corrected chi connectivity index (χ1v) is 8.72. The summed E-state index contributed by atoms with van der Waals surface area (Å²) < 4.78 is 1.80. The predicted molar refractivity (Wildman–Crippen MR) is 92.5 cm³/mol. The summed E-state index contributed by atoms with van der Waals surface area (Å²) in [5, 5.41) is 11.0. The van der Waals surface area contributed by atoms with Crippen LogP contribution >= 0.6 is 0 Å². The van der Waals surface area contributed by atoms with Crippen LogP contribution in [0.1, 0.15) is 42.2 Å². The molecule has 1 aliphatic rings. The van der Waals surface area contributed by atoms with Gasteiger partial charge in [-0.1, -0.05) is 42.5 Å². The van der Waals surface area contributed by atoms with Crippen molar-refractivity contribution in [3.05, 3.63) is 47.8 Å². The van der Waals surface area contributed by atoms with Gasteiger partial charge in [-0.3, -0.25) is 14.4 Å². The van der Waals surface area contributed by atoms with Gasteiger partial charge in [0.15, 0.2) is 5.69 Å². The zero-order valence-electron chi connectivity index (χ0n) is 14.2. The molecule has 1 amide bonds. The number of hydrogen-bond acceptors (Lipinski definition) is 4. The van der Waals surface area contributed by atoms with E-state index in [1.165, 1.54) is 19.3 Å². The third kappa shape index (κ3) is 4.20. The molecule has 1 atom stereocenters. The van der Waals surface area contributed by atoms with Crippen molar-refractivity contribution < 1.29 is 4.79 Å². The van der Waals surface area contributed by atoms with Crippen LogP contribution in [-0.2, 0) is 13.1 Å². The van der Waals surface area contributed by atoms with Crippen LogP contribution in [0.3, 0.4) is 0 Å². The first kappa shape index (κ1) is 16.6. The average molecular weight is 327 g/mol. The van der Waals surface area contributed by atoms with Crippen LogP contribution in [0, 0.1) is 0 Å². The SMILES string of the molecule is CCCN1CCC[C@H]1Cn1cc(C(=O)NCc2ccccc2)nn1. The number of nitrogens with one attached hydrogen (secondary N) is 1. The van der Waals surface area contributed by atoms with E-state index in [0.717, 1.165) is 25.2 Å². The summed E-state index contributed by atoms with van der Waals surface area (Å²) in [5.74, 6) is -0.179. The van der Waals surface area contributed by atoms with Crippen molar-refractivity contribution in [2.45, 2.75) is 45.3 Å². The summed E-state index contributed by atoms with van der Waals surface area (Å²) in [6.07, 6.45) is 5.35. The van der Waals surface area contributed by atoms with Crippen LogP contribution in [0.5, 0.6) is 0 Å². The van der Waals surface area contributed by atoms with Crippen LogP contribution in [0.15, 0.2) is 36.5 Å². The number of rotatable bonds is 7. The Balaban J connectivity index is 1.54. The molecule has 1 aliphatic heterocycles. The van der Waals surface area contributed by atoms with Gasteiger partial charge in [-0.05, 0) is 37.9 Å². The number of benzene rings is 1. The van der Waals surface area contributed by atoms with E-state index in [1.54, 1.807) is 10.9 Å². The molecule has 0 unspecified atom stereocenters. The summed E-state index contributed by atoms with van der Waals surface area (Å²) in [7, 11) is 0. The minimum absolute atomic E-state index is 0.179. The quantitative estimate of drug-likeness (QED) is 0.846. The number of hydrogen-bond donors (Lipinski definition) is 1. The molecule has 0 saturated carbocycles. The first-order valence-electron chi connectivity index (χ1n) is 8.72. The summed E-state index contributed by atoms with van der Waals surface area (Å²) in [5.41, 5.74) is 1.45. The van der Waals surface area contributed by atoms with Crippen molar-refractivity contribution >= 4 is 5.91 Å². The average Bonchev–Trinajstić information content (AvgIpc) is 3.24. The zero-order valence-corrected chi connectivity index (χ0v) is 14.2. The lowest BCUT2D eigenvalue weighted by atomic mass is 10.2. The third-order valence-electron chi connectivity index (χ3n) is 4.47. The van der Waals surface area contributed by atoms with E-state index in [-0.39, 0.29) is 5.91 Å². The molecular formula is C18H25N5O. The van der Waals surface area contributed by atoms with E-state index in [9.17, 15) is 4.79 Å². The van der Waals surface area contributed by atoms with Gasteiger partial charge in [0.2, 0.25) is 0 Å². The van der Waals surface area contributed by atoms with Gasteiger partial charge < -0.3 is 5.32 Å². The number of amides is 1. The Hall–Kier alpha value is -2.21. The lowest BCUT2D eigenvalue weighted by Crippen LogP contribution is -2.33. The maximum absolute atomic E-state index is 12.2. The number of carbonyl (C=O) groups is 1. The fourth-order valence-electron chi connectivity index (χ4n) is 3.26. The molecule has 24 heavy (non-hydrogen) atoms. The second-order valence-corrected chi connectivity index (χ2v) is 6.33. The molecule has 6 nitrogen and oxygen atoms in total. The lowest BCUT2D eigenvalue weighted by Gasteiger charge is -2.23. The molecule has 1 saturated heterocycles. The normalized spacial score (nSPS) is 18.0. The minimum Gasteiger partial charge on any atom is -0.347 e. The molecule has 0 radical (unpaired) electrons. The van der Waals surface area contributed by atoms with E-state index >= 15 is 0 Å². The molecule has 0 spiro atoms. The van der Waals surface area contributed by atoms with Gasteiger partial charge in [0.05, 0.1) is 12.7 Å². The summed E-state index contributed by atoms with van der Waals surface area (Å²) in [6.45, 7) is 5.81. The third-order valence-corrected chi connectivity index (χ3v) is 4.47. The van der Waals surface area contributed by atoms with E-state index in [4.69, 9.17) is 0 Å². The number of nitrogens with zero attached hydrogens (tertiary/aromatic N) is 4. The molecule has 2 aromatic rings. The van der Waals surface area contributed by atoms with Crippen LogP contribution < -0.4 is 5.32 Å². The Kier molecular flexibility index (Phi) is 5.59.